The van der Waals surface area contributed by atoms with E-state index in [1.165, 1.54) is 11.5 Å². The zero-order chi connectivity index (χ0) is 14.7. The van der Waals surface area contributed by atoms with Crippen molar-refractivity contribution in [1.82, 2.24) is 19.4 Å². The average Bonchev–Trinajstić information content (AvgIpc) is 3.17. The van der Waals surface area contributed by atoms with Gasteiger partial charge in [0.05, 0.1) is 16.8 Å². The van der Waals surface area contributed by atoms with Crippen LogP contribution in [0.25, 0.3) is 10.4 Å². The fourth-order valence-electron chi connectivity index (χ4n) is 1.91. The highest BCUT2D eigenvalue weighted by Gasteiger charge is 2.18. The molecule has 1 aromatic carbocycles. The predicted molar refractivity (Wildman–Crippen MR) is 81.2 cm³/mol. The van der Waals surface area contributed by atoms with Crippen LogP contribution in [0.5, 0.6) is 0 Å². The molecule has 3 rings (SSSR count). The topological polar surface area (TPSA) is 72.7 Å². The molecule has 1 N–H and O–H groups in total. The molecule has 0 bridgehead atoms. The van der Waals surface area contributed by atoms with Crippen LogP contribution in [-0.2, 0) is 6.54 Å². The van der Waals surface area contributed by atoms with Gasteiger partial charge in [-0.15, -0.1) is 5.10 Å². The van der Waals surface area contributed by atoms with Crippen LogP contribution in [0.4, 0.5) is 5.69 Å². The summed E-state index contributed by atoms with van der Waals surface area (Å²) in [7, 11) is 0. The van der Waals surface area contributed by atoms with Crippen LogP contribution in [0, 0.1) is 0 Å². The van der Waals surface area contributed by atoms with Crippen molar-refractivity contribution in [2.75, 3.05) is 5.32 Å². The second-order valence-corrected chi connectivity index (χ2v) is 5.11. The van der Waals surface area contributed by atoms with Crippen molar-refractivity contribution in [3.05, 3.63) is 48.4 Å². The Bertz CT molecular complexity index is 750. The first-order chi connectivity index (χ1) is 10.3. The van der Waals surface area contributed by atoms with Gasteiger partial charge in [0.1, 0.15) is 0 Å². The van der Waals surface area contributed by atoms with Gasteiger partial charge in [0.25, 0.3) is 5.91 Å². The summed E-state index contributed by atoms with van der Waals surface area (Å²) in [6.45, 7) is 2.74. The Kier molecular flexibility index (Phi) is 3.74. The SMILES string of the molecule is CCn1cc(NC(=O)c2nnsc2-c2ccccc2)cn1. The monoisotopic (exact) mass is 299 g/mol. The number of aromatic nitrogens is 4. The van der Waals surface area contributed by atoms with Gasteiger partial charge in [-0.3, -0.25) is 9.48 Å². The van der Waals surface area contributed by atoms with E-state index >= 15 is 0 Å². The maximum Gasteiger partial charge on any atom is 0.277 e. The first kappa shape index (κ1) is 13.4. The maximum absolute atomic E-state index is 12.3. The number of hydrogen-bond donors (Lipinski definition) is 1. The summed E-state index contributed by atoms with van der Waals surface area (Å²) in [4.78, 5) is 13.1. The zero-order valence-corrected chi connectivity index (χ0v) is 12.2. The number of benzene rings is 1. The smallest absolute Gasteiger partial charge is 0.277 e. The molecule has 0 aliphatic heterocycles. The Morgan fingerprint density at radius 3 is 2.86 bits per heavy atom. The van der Waals surface area contributed by atoms with Gasteiger partial charge in [0.15, 0.2) is 5.69 Å². The Labute approximate surface area is 125 Å². The summed E-state index contributed by atoms with van der Waals surface area (Å²) in [5, 5.41) is 10.9. The van der Waals surface area contributed by atoms with Gasteiger partial charge in [0, 0.05) is 12.7 Å². The van der Waals surface area contributed by atoms with Gasteiger partial charge in [-0.05, 0) is 24.0 Å². The van der Waals surface area contributed by atoms with E-state index in [4.69, 9.17) is 0 Å². The van der Waals surface area contributed by atoms with Crippen LogP contribution in [0.15, 0.2) is 42.7 Å². The van der Waals surface area contributed by atoms with Crippen LogP contribution >= 0.6 is 11.5 Å². The predicted octanol–water partition coefficient (Wildman–Crippen LogP) is 2.67. The van der Waals surface area contributed by atoms with E-state index in [0.29, 0.717) is 11.4 Å². The molecule has 0 atom stereocenters. The van der Waals surface area contributed by atoms with E-state index in [1.807, 2.05) is 37.3 Å². The molecule has 0 saturated carbocycles. The number of nitrogens with one attached hydrogen (secondary N) is 1. The van der Waals surface area contributed by atoms with Gasteiger partial charge in [-0.2, -0.15) is 5.10 Å². The largest absolute Gasteiger partial charge is 0.318 e. The molecule has 1 amide bonds. The maximum atomic E-state index is 12.3. The third kappa shape index (κ3) is 2.82. The molecule has 21 heavy (non-hydrogen) atoms. The number of aryl methyl sites for hydroxylation is 1. The van der Waals surface area contributed by atoms with Gasteiger partial charge in [0.2, 0.25) is 0 Å². The zero-order valence-electron chi connectivity index (χ0n) is 11.4. The van der Waals surface area contributed by atoms with Crippen molar-refractivity contribution < 1.29 is 4.79 Å². The molecule has 6 nitrogen and oxygen atoms in total. The normalized spacial score (nSPS) is 10.5. The second kappa shape index (κ2) is 5.84. The standard InChI is InChI=1S/C14H13N5OS/c1-2-19-9-11(8-15-19)16-14(20)12-13(21-18-17-12)10-6-4-3-5-7-10/h3-9H,2H2,1H3,(H,16,20). The molecule has 2 aromatic heterocycles. The molecule has 3 aromatic rings. The summed E-state index contributed by atoms with van der Waals surface area (Å²) in [5.74, 6) is -0.279. The molecular weight excluding hydrogens is 286 g/mol. The summed E-state index contributed by atoms with van der Waals surface area (Å²) < 4.78 is 5.64. The molecule has 0 aliphatic carbocycles. The van der Waals surface area contributed by atoms with E-state index in [2.05, 4.69) is 20.0 Å². The molecule has 0 aliphatic rings. The lowest BCUT2D eigenvalue weighted by molar-refractivity contribution is 0.102. The van der Waals surface area contributed by atoms with E-state index in [9.17, 15) is 4.79 Å². The van der Waals surface area contributed by atoms with Crippen LogP contribution in [0.2, 0.25) is 0 Å². The lowest BCUT2D eigenvalue weighted by atomic mass is 10.1. The highest BCUT2D eigenvalue weighted by atomic mass is 32.1. The minimum Gasteiger partial charge on any atom is -0.318 e. The quantitative estimate of drug-likeness (QED) is 0.804. The van der Waals surface area contributed by atoms with Crippen LogP contribution in [0.3, 0.4) is 0 Å². The number of carbonyl (C=O) groups excluding carboxylic acids is 1. The lowest BCUT2D eigenvalue weighted by Gasteiger charge is -2.02. The average molecular weight is 299 g/mol. The number of nitrogens with zero attached hydrogens (tertiary/aromatic N) is 4. The molecular formula is C14H13N5OS. The number of rotatable bonds is 4. The van der Waals surface area contributed by atoms with E-state index in [-0.39, 0.29) is 5.91 Å². The number of hydrogen-bond acceptors (Lipinski definition) is 5. The summed E-state index contributed by atoms with van der Waals surface area (Å²) >= 11 is 1.21. The van der Waals surface area contributed by atoms with Crippen molar-refractivity contribution in [2.45, 2.75) is 13.5 Å². The molecule has 2 heterocycles. The van der Waals surface area contributed by atoms with Crippen molar-refractivity contribution >= 4 is 23.1 Å². The summed E-state index contributed by atoms with van der Waals surface area (Å²) in [6, 6.07) is 9.63. The number of carbonyl (C=O) groups is 1. The van der Waals surface area contributed by atoms with Crippen molar-refractivity contribution in [1.29, 1.82) is 0 Å². The fraction of sp³-hybridized carbons (Fsp3) is 0.143. The van der Waals surface area contributed by atoms with Crippen molar-refractivity contribution in [2.24, 2.45) is 0 Å². The number of anilines is 1. The molecule has 7 heteroatoms. The Morgan fingerprint density at radius 1 is 1.33 bits per heavy atom. The second-order valence-electron chi connectivity index (χ2n) is 4.36. The Morgan fingerprint density at radius 2 is 2.14 bits per heavy atom. The summed E-state index contributed by atoms with van der Waals surface area (Å²) in [5.41, 5.74) is 1.91. The molecule has 0 radical (unpaired) electrons. The Balaban J connectivity index is 1.84. The minimum absolute atomic E-state index is 0.279. The molecule has 0 saturated heterocycles. The van der Waals surface area contributed by atoms with Gasteiger partial charge < -0.3 is 5.32 Å². The third-order valence-corrected chi connectivity index (χ3v) is 3.73. The van der Waals surface area contributed by atoms with E-state index in [0.717, 1.165) is 17.0 Å². The van der Waals surface area contributed by atoms with Gasteiger partial charge >= 0.3 is 0 Å². The highest BCUT2D eigenvalue weighted by molar-refractivity contribution is 7.09. The van der Waals surface area contributed by atoms with Crippen LogP contribution < -0.4 is 5.32 Å². The van der Waals surface area contributed by atoms with Gasteiger partial charge in [-0.1, -0.05) is 34.8 Å². The molecule has 0 unspecified atom stereocenters. The highest BCUT2D eigenvalue weighted by Crippen LogP contribution is 2.26. The molecule has 106 valence electrons. The Hall–Kier alpha value is -2.54. The third-order valence-electron chi connectivity index (χ3n) is 2.95. The van der Waals surface area contributed by atoms with Gasteiger partial charge in [-0.25, -0.2) is 0 Å². The van der Waals surface area contributed by atoms with Crippen molar-refractivity contribution in [3.63, 3.8) is 0 Å². The lowest BCUT2D eigenvalue weighted by Crippen LogP contribution is -2.13. The first-order valence-corrected chi connectivity index (χ1v) is 7.27. The number of amides is 1. The minimum atomic E-state index is -0.279. The summed E-state index contributed by atoms with van der Waals surface area (Å²) in [6.07, 6.45) is 3.39. The first-order valence-electron chi connectivity index (χ1n) is 6.49. The fourth-order valence-corrected chi connectivity index (χ4v) is 2.58. The van der Waals surface area contributed by atoms with E-state index in [1.54, 1.807) is 17.1 Å². The molecule has 0 fully saturated rings. The molecule has 0 spiro atoms. The van der Waals surface area contributed by atoms with Crippen LogP contribution in [-0.4, -0.2) is 25.3 Å². The van der Waals surface area contributed by atoms with Crippen LogP contribution in [0.1, 0.15) is 17.4 Å². The van der Waals surface area contributed by atoms with Crippen molar-refractivity contribution in [3.8, 4) is 10.4 Å². The van der Waals surface area contributed by atoms with E-state index < -0.39 is 0 Å².